The van der Waals surface area contributed by atoms with Gasteiger partial charge in [0.05, 0.1) is 4.90 Å². The molecular formula is C14H14N6O2S. The molecule has 1 aliphatic rings. The Morgan fingerprint density at radius 2 is 2.09 bits per heavy atom. The van der Waals surface area contributed by atoms with Gasteiger partial charge in [0.1, 0.15) is 5.69 Å². The highest BCUT2D eigenvalue weighted by atomic mass is 32.2. The monoisotopic (exact) mass is 330 g/mol. The third-order valence-corrected chi connectivity index (χ3v) is 5.29. The number of aromatic nitrogens is 6. The maximum Gasteiger partial charge on any atom is 0.200 e. The zero-order valence-electron chi connectivity index (χ0n) is 12.3. The van der Waals surface area contributed by atoms with Gasteiger partial charge in [0.15, 0.2) is 15.7 Å². The lowest BCUT2D eigenvalue weighted by atomic mass is 9.96. The Hall–Kier alpha value is -2.55. The van der Waals surface area contributed by atoms with E-state index < -0.39 is 9.84 Å². The molecule has 9 heteroatoms. The number of sulfone groups is 1. The third-order valence-electron chi connectivity index (χ3n) is 4.18. The SMILES string of the molecule is CS(=O)(=O)c1cccc(C2Cc3[nH]nc(-c4nnn[nH]4)c3C2)c1. The van der Waals surface area contributed by atoms with E-state index in [-0.39, 0.29) is 5.92 Å². The summed E-state index contributed by atoms with van der Waals surface area (Å²) in [6, 6.07) is 7.14. The Morgan fingerprint density at radius 3 is 2.83 bits per heavy atom. The van der Waals surface area contributed by atoms with E-state index in [1.165, 1.54) is 6.26 Å². The number of hydrogen-bond donors (Lipinski definition) is 2. The van der Waals surface area contributed by atoms with Crippen LogP contribution in [0.15, 0.2) is 29.2 Å². The van der Waals surface area contributed by atoms with Crippen molar-refractivity contribution in [3.63, 3.8) is 0 Å². The van der Waals surface area contributed by atoms with Crippen molar-refractivity contribution >= 4 is 9.84 Å². The summed E-state index contributed by atoms with van der Waals surface area (Å²) in [5.74, 6) is 0.753. The second-order valence-corrected chi connectivity index (χ2v) is 7.74. The Kier molecular flexibility index (Phi) is 3.05. The van der Waals surface area contributed by atoms with Crippen molar-refractivity contribution < 1.29 is 8.42 Å². The fourth-order valence-corrected chi connectivity index (χ4v) is 3.72. The number of nitrogens with zero attached hydrogens (tertiary/aromatic N) is 4. The van der Waals surface area contributed by atoms with Gasteiger partial charge >= 0.3 is 0 Å². The normalized spacial score (nSPS) is 17.3. The number of hydrogen-bond acceptors (Lipinski definition) is 6. The molecule has 2 aromatic heterocycles. The van der Waals surface area contributed by atoms with Gasteiger partial charge < -0.3 is 0 Å². The first kappa shape index (κ1) is 14.1. The van der Waals surface area contributed by atoms with Crippen LogP contribution in [-0.4, -0.2) is 45.5 Å². The molecule has 1 aromatic carbocycles. The molecule has 0 saturated carbocycles. The zero-order valence-corrected chi connectivity index (χ0v) is 13.1. The molecular weight excluding hydrogens is 316 g/mol. The van der Waals surface area contributed by atoms with Crippen molar-refractivity contribution in [1.29, 1.82) is 0 Å². The summed E-state index contributed by atoms with van der Waals surface area (Å²) in [6.07, 6.45) is 2.79. The number of rotatable bonds is 3. The molecule has 0 amide bonds. The van der Waals surface area contributed by atoms with E-state index in [1.807, 2.05) is 6.07 Å². The number of benzene rings is 1. The Bertz CT molecular complexity index is 961. The van der Waals surface area contributed by atoms with Gasteiger partial charge in [0, 0.05) is 17.5 Å². The summed E-state index contributed by atoms with van der Waals surface area (Å²) in [4.78, 5) is 0.350. The molecule has 0 aliphatic heterocycles. The first-order valence-corrected chi connectivity index (χ1v) is 9.02. The van der Waals surface area contributed by atoms with Gasteiger partial charge in [-0.05, 0) is 46.9 Å². The minimum atomic E-state index is -3.20. The maximum absolute atomic E-state index is 11.7. The Morgan fingerprint density at radius 1 is 1.22 bits per heavy atom. The molecule has 1 atom stereocenters. The molecule has 4 rings (SSSR count). The zero-order chi connectivity index (χ0) is 16.0. The molecule has 0 saturated heterocycles. The minimum Gasteiger partial charge on any atom is -0.282 e. The Balaban J connectivity index is 1.67. The van der Waals surface area contributed by atoms with E-state index in [0.29, 0.717) is 10.7 Å². The van der Waals surface area contributed by atoms with Crippen LogP contribution in [-0.2, 0) is 22.7 Å². The second-order valence-electron chi connectivity index (χ2n) is 5.73. The van der Waals surface area contributed by atoms with E-state index in [2.05, 4.69) is 30.8 Å². The minimum absolute atomic E-state index is 0.218. The van der Waals surface area contributed by atoms with Gasteiger partial charge in [-0.1, -0.05) is 12.1 Å². The highest BCUT2D eigenvalue weighted by molar-refractivity contribution is 7.90. The summed E-state index contributed by atoms with van der Waals surface area (Å²) < 4.78 is 23.5. The van der Waals surface area contributed by atoms with Gasteiger partial charge in [-0.25, -0.2) is 13.5 Å². The fourth-order valence-electron chi connectivity index (χ4n) is 3.05. The molecule has 2 heterocycles. The molecule has 1 unspecified atom stereocenters. The van der Waals surface area contributed by atoms with Gasteiger partial charge in [-0.15, -0.1) is 5.10 Å². The standard InChI is InChI=1S/C14H14N6O2S/c1-23(21,22)10-4-2-3-8(5-10)9-6-11-12(7-9)15-16-13(11)14-17-19-20-18-14/h2-5,9H,6-7H2,1H3,(H,15,16)(H,17,18,19,20). The number of aromatic amines is 2. The first-order chi connectivity index (χ1) is 11.0. The van der Waals surface area contributed by atoms with E-state index >= 15 is 0 Å². The van der Waals surface area contributed by atoms with E-state index in [4.69, 9.17) is 0 Å². The number of tetrazole rings is 1. The van der Waals surface area contributed by atoms with Crippen LogP contribution in [0.1, 0.15) is 22.7 Å². The van der Waals surface area contributed by atoms with Crippen LogP contribution in [0.4, 0.5) is 0 Å². The lowest BCUT2D eigenvalue weighted by Crippen LogP contribution is -2.03. The molecule has 3 aromatic rings. The van der Waals surface area contributed by atoms with Crippen molar-refractivity contribution in [2.24, 2.45) is 0 Å². The molecule has 0 spiro atoms. The smallest absolute Gasteiger partial charge is 0.200 e. The molecule has 1 aliphatic carbocycles. The summed E-state index contributed by atoms with van der Waals surface area (Å²) in [7, 11) is -3.20. The molecule has 2 N–H and O–H groups in total. The second kappa shape index (κ2) is 4.98. The van der Waals surface area contributed by atoms with Crippen LogP contribution in [0.3, 0.4) is 0 Å². The van der Waals surface area contributed by atoms with Crippen LogP contribution in [0.5, 0.6) is 0 Å². The quantitative estimate of drug-likeness (QED) is 0.736. The van der Waals surface area contributed by atoms with Crippen molar-refractivity contribution in [1.82, 2.24) is 30.8 Å². The molecule has 0 radical (unpaired) electrons. The number of H-pyrrole nitrogens is 2. The Labute approximate surface area is 132 Å². The van der Waals surface area contributed by atoms with E-state index in [0.717, 1.165) is 35.4 Å². The predicted octanol–water partition coefficient (Wildman–Crippen LogP) is 0.876. The summed E-state index contributed by atoms with van der Waals surface area (Å²) in [5.41, 5.74) is 3.87. The molecule has 0 fully saturated rings. The third kappa shape index (κ3) is 2.42. The van der Waals surface area contributed by atoms with Crippen LogP contribution in [0.25, 0.3) is 11.5 Å². The van der Waals surface area contributed by atoms with Crippen molar-refractivity contribution in [2.45, 2.75) is 23.7 Å². The highest BCUT2D eigenvalue weighted by Gasteiger charge is 2.29. The van der Waals surface area contributed by atoms with Crippen LogP contribution in [0.2, 0.25) is 0 Å². The van der Waals surface area contributed by atoms with Gasteiger partial charge in [0.25, 0.3) is 0 Å². The molecule has 23 heavy (non-hydrogen) atoms. The lowest BCUT2D eigenvalue weighted by Gasteiger charge is -2.11. The summed E-state index contributed by atoms with van der Waals surface area (Å²) >= 11 is 0. The van der Waals surface area contributed by atoms with Crippen molar-refractivity contribution in [3.8, 4) is 11.5 Å². The summed E-state index contributed by atoms with van der Waals surface area (Å²) in [5, 5.41) is 21.1. The van der Waals surface area contributed by atoms with Crippen LogP contribution in [0, 0.1) is 0 Å². The largest absolute Gasteiger partial charge is 0.282 e. The average molecular weight is 330 g/mol. The maximum atomic E-state index is 11.7. The van der Waals surface area contributed by atoms with Crippen molar-refractivity contribution in [2.75, 3.05) is 6.26 Å². The average Bonchev–Trinajstić information content (AvgIpc) is 3.22. The van der Waals surface area contributed by atoms with Gasteiger partial charge in [-0.3, -0.25) is 5.10 Å². The van der Waals surface area contributed by atoms with Gasteiger partial charge in [0.2, 0.25) is 0 Å². The number of fused-ring (bicyclic) bond motifs is 1. The first-order valence-electron chi connectivity index (χ1n) is 7.12. The number of nitrogens with one attached hydrogen (secondary N) is 2. The van der Waals surface area contributed by atoms with Gasteiger partial charge in [-0.2, -0.15) is 5.10 Å². The van der Waals surface area contributed by atoms with Crippen LogP contribution < -0.4 is 0 Å². The predicted molar refractivity (Wildman–Crippen MR) is 81.5 cm³/mol. The highest BCUT2D eigenvalue weighted by Crippen LogP contribution is 2.37. The molecule has 0 bridgehead atoms. The lowest BCUT2D eigenvalue weighted by molar-refractivity contribution is 0.601. The van der Waals surface area contributed by atoms with E-state index in [9.17, 15) is 8.42 Å². The van der Waals surface area contributed by atoms with E-state index in [1.54, 1.807) is 18.2 Å². The fraction of sp³-hybridized carbons (Fsp3) is 0.286. The summed E-state index contributed by atoms with van der Waals surface area (Å²) in [6.45, 7) is 0. The van der Waals surface area contributed by atoms with Crippen LogP contribution >= 0.6 is 0 Å². The molecule has 118 valence electrons. The topological polar surface area (TPSA) is 117 Å². The molecule has 8 nitrogen and oxygen atoms in total. The van der Waals surface area contributed by atoms with Crippen molar-refractivity contribution in [3.05, 3.63) is 41.1 Å².